The molecule has 0 fully saturated rings. The molecule has 0 bridgehead atoms. The van der Waals surface area contributed by atoms with Crippen molar-refractivity contribution in [3.63, 3.8) is 0 Å². The standard InChI is InChI=1S/C16H15BrN6O3/c1-11-2-4-12(5-3-11)8-22-9-13(17)16(20-22)18-15(24)10-21-7-6-14(19-21)23(25)26/h2-7,9H,8,10H2,1H3,(H,18,20,24). The monoisotopic (exact) mass is 418 g/mol. The Morgan fingerprint density at radius 1 is 1.23 bits per heavy atom. The van der Waals surface area contributed by atoms with Gasteiger partial charge in [-0.15, -0.1) is 0 Å². The number of aryl methyl sites for hydroxylation is 1. The number of halogens is 1. The van der Waals surface area contributed by atoms with E-state index in [-0.39, 0.29) is 18.3 Å². The molecule has 1 aromatic carbocycles. The molecule has 2 heterocycles. The molecule has 26 heavy (non-hydrogen) atoms. The van der Waals surface area contributed by atoms with Crippen LogP contribution in [0.25, 0.3) is 0 Å². The van der Waals surface area contributed by atoms with Gasteiger partial charge in [-0.25, -0.2) is 0 Å². The van der Waals surface area contributed by atoms with E-state index < -0.39 is 4.92 Å². The topological polar surface area (TPSA) is 108 Å². The number of carbonyl (C=O) groups excluding carboxylic acids is 1. The molecule has 0 aliphatic carbocycles. The first kappa shape index (κ1) is 17.8. The van der Waals surface area contributed by atoms with Crippen molar-refractivity contribution in [1.82, 2.24) is 19.6 Å². The highest BCUT2D eigenvalue weighted by Crippen LogP contribution is 2.21. The summed E-state index contributed by atoms with van der Waals surface area (Å²) in [6.07, 6.45) is 3.15. The van der Waals surface area contributed by atoms with E-state index in [0.29, 0.717) is 16.8 Å². The maximum atomic E-state index is 12.1. The van der Waals surface area contributed by atoms with Gasteiger partial charge in [-0.2, -0.15) is 9.78 Å². The first-order chi connectivity index (χ1) is 12.4. The van der Waals surface area contributed by atoms with Crippen LogP contribution in [-0.2, 0) is 17.9 Å². The Labute approximate surface area is 156 Å². The predicted molar refractivity (Wildman–Crippen MR) is 97.7 cm³/mol. The SMILES string of the molecule is Cc1ccc(Cn2cc(Br)c(NC(=O)Cn3ccc([N+](=O)[O-])n3)n2)cc1. The Morgan fingerprint density at radius 2 is 1.96 bits per heavy atom. The molecule has 10 heteroatoms. The van der Waals surface area contributed by atoms with Gasteiger partial charge in [0.05, 0.1) is 28.4 Å². The highest BCUT2D eigenvalue weighted by molar-refractivity contribution is 9.10. The molecule has 0 saturated heterocycles. The third-order valence-electron chi connectivity index (χ3n) is 3.56. The minimum Gasteiger partial charge on any atom is -0.358 e. The van der Waals surface area contributed by atoms with E-state index in [2.05, 4.69) is 31.4 Å². The van der Waals surface area contributed by atoms with E-state index in [9.17, 15) is 14.9 Å². The molecule has 3 aromatic rings. The van der Waals surface area contributed by atoms with E-state index in [4.69, 9.17) is 0 Å². The maximum Gasteiger partial charge on any atom is 0.389 e. The lowest BCUT2D eigenvalue weighted by Crippen LogP contribution is -2.19. The molecule has 1 amide bonds. The average molecular weight is 419 g/mol. The van der Waals surface area contributed by atoms with Crippen LogP contribution in [0, 0.1) is 17.0 Å². The van der Waals surface area contributed by atoms with E-state index in [0.717, 1.165) is 5.56 Å². The molecule has 9 nitrogen and oxygen atoms in total. The number of nitrogens with one attached hydrogen (secondary N) is 1. The van der Waals surface area contributed by atoms with Crippen molar-refractivity contribution in [2.24, 2.45) is 0 Å². The fraction of sp³-hybridized carbons (Fsp3) is 0.188. The Kier molecular flexibility index (Phi) is 5.12. The van der Waals surface area contributed by atoms with Crippen LogP contribution in [0.1, 0.15) is 11.1 Å². The van der Waals surface area contributed by atoms with Crippen molar-refractivity contribution >= 4 is 33.5 Å². The molecule has 0 spiro atoms. The summed E-state index contributed by atoms with van der Waals surface area (Å²) in [5.74, 6) is -0.311. The Hall–Kier alpha value is -3.01. The number of carbonyl (C=O) groups is 1. The van der Waals surface area contributed by atoms with Gasteiger partial charge in [-0.3, -0.25) is 9.48 Å². The summed E-state index contributed by atoms with van der Waals surface area (Å²) >= 11 is 3.37. The first-order valence-electron chi connectivity index (χ1n) is 7.67. The van der Waals surface area contributed by atoms with Crippen LogP contribution in [-0.4, -0.2) is 30.4 Å². The van der Waals surface area contributed by atoms with Crippen LogP contribution in [0.15, 0.2) is 47.2 Å². The number of nitrogens with zero attached hydrogens (tertiary/aromatic N) is 5. The van der Waals surface area contributed by atoms with Crippen molar-refractivity contribution < 1.29 is 9.72 Å². The molecule has 3 rings (SSSR count). The van der Waals surface area contributed by atoms with Crippen LogP contribution in [0.5, 0.6) is 0 Å². The highest BCUT2D eigenvalue weighted by atomic mass is 79.9. The normalized spacial score (nSPS) is 10.7. The van der Waals surface area contributed by atoms with Crippen LogP contribution in [0.4, 0.5) is 11.6 Å². The number of nitro groups is 1. The molecule has 0 saturated carbocycles. The summed E-state index contributed by atoms with van der Waals surface area (Å²) in [5.41, 5.74) is 2.27. The number of hydrogen-bond acceptors (Lipinski definition) is 5. The van der Waals surface area contributed by atoms with Crippen LogP contribution >= 0.6 is 15.9 Å². The average Bonchev–Trinajstić information content (AvgIpc) is 3.17. The highest BCUT2D eigenvalue weighted by Gasteiger charge is 2.15. The van der Waals surface area contributed by atoms with E-state index in [1.807, 2.05) is 31.2 Å². The van der Waals surface area contributed by atoms with E-state index in [1.165, 1.54) is 22.5 Å². The minimum absolute atomic E-state index is 0.148. The fourth-order valence-electron chi connectivity index (χ4n) is 2.30. The fourth-order valence-corrected chi connectivity index (χ4v) is 2.71. The van der Waals surface area contributed by atoms with Crippen molar-refractivity contribution in [3.05, 3.63) is 68.4 Å². The first-order valence-corrected chi connectivity index (χ1v) is 8.46. The van der Waals surface area contributed by atoms with Gasteiger partial charge in [-0.1, -0.05) is 29.8 Å². The second-order valence-electron chi connectivity index (χ2n) is 5.69. The molecule has 0 unspecified atom stereocenters. The lowest BCUT2D eigenvalue weighted by Gasteiger charge is -2.03. The molecular weight excluding hydrogens is 404 g/mol. The number of aromatic nitrogens is 4. The zero-order chi connectivity index (χ0) is 18.7. The summed E-state index contributed by atoms with van der Waals surface area (Å²) in [6.45, 7) is 2.45. The smallest absolute Gasteiger partial charge is 0.358 e. The number of anilines is 1. The third-order valence-corrected chi connectivity index (χ3v) is 4.14. The van der Waals surface area contributed by atoms with E-state index in [1.54, 1.807) is 10.9 Å². The molecule has 2 aromatic heterocycles. The second kappa shape index (κ2) is 7.48. The lowest BCUT2D eigenvalue weighted by atomic mass is 10.1. The number of hydrogen-bond donors (Lipinski definition) is 1. The summed E-state index contributed by atoms with van der Waals surface area (Å²) in [7, 11) is 0. The summed E-state index contributed by atoms with van der Waals surface area (Å²) < 4.78 is 3.55. The zero-order valence-corrected chi connectivity index (χ0v) is 15.4. The van der Waals surface area contributed by atoms with Gasteiger partial charge in [0.25, 0.3) is 0 Å². The molecule has 134 valence electrons. The van der Waals surface area contributed by atoms with Crippen LogP contribution in [0.3, 0.4) is 0 Å². The Morgan fingerprint density at radius 3 is 2.62 bits per heavy atom. The largest absolute Gasteiger partial charge is 0.389 e. The lowest BCUT2D eigenvalue weighted by molar-refractivity contribution is -0.389. The molecule has 0 radical (unpaired) electrons. The van der Waals surface area contributed by atoms with Gasteiger partial charge in [0.1, 0.15) is 6.54 Å². The van der Waals surface area contributed by atoms with Crippen molar-refractivity contribution in [2.75, 3.05) is 5.32 Å². The summed E-state index contributed by atoms with van der Waals surface area (Å²) in [5, 5.41) is 21.3. The predicted octanol–water partition coefficient (Wildman–Crippen LogP) is 2.75. The van der Waals surface area contributed by atoms with Crippen LogP contribution in [0.2, 0.25) is 0 Å². The van der Waals surface area contributed by atoms with E-state index >= 15 is 0 Å². The van der Waals surface area contributed by atoms with Gasteiger partial charge in [0.2, 0.25) is 5.91 Å². The Bertz CT molecular complexity index is 947. The molecule has 0 aliphatic rings. The summed E-state index contributed by atoms with van der Waals surface area (Å²) in [4.78, 5) is 22.1. The number of rotatable bonds is 6. The van der Waals surface area contributed by atoms with Gasteiger partial charge in [0.15, 0.2) is 5.82 Å². The zero-order valence-electron chi connectivity index (χ0n) is 13.8. The second-order valence-corrected chi connectivity index (χ2v) is 6.54. The third kappa shape index (κ3) is 4.33. The van der Waals surface area contributed by atoms with Crippen molar-refractivity contribution in [2.45, 2.75) is 20.0 Å². The summed E-state index contributed by atoms with van der Waals surface area (Å²) in [6, 6.07) is 9.33. The minimum atomic E-state index is -0.613. The van der Waals surface area contributed by atoms with Gasteiger partial charge in [-0.05, 0) is 33.3 Å². The molecule has 0 atom stereocenters. The van der Waals surface area contributed by atoms with Gasteiger partial charge >= 0.3 is 5.82 Å². The van der Waals surface area contributed by atoms with Gasteiger partial charge in [0, 0.05) is 6.20 Å². The van der Waals surface area contributed by atoms with Gasteiger partial charge < -0.3 is 15.4 Å². The quantitative estimate of drug-likeness (QED) is 0.488. The van der Waals surface area contributed by atoms with Crippen LogP contribution < -0.4 is 5.32 Å². The Balaban J connectivity index is 1.63. The van der Waals surface area contributed by atoms with Crippen molar-refractivity contribution in [3.8, 4) is 0 Å². The molecular formula is C16H15BrN6O3. The molecule has 0 aliphatic heterocycles. The maximum absolute atomic E-state index is 12.1. The molecule has 1 N–H and O–H groups in total. The number of benzene rings is 1. The van der Waals surface area contributed by atoms with Crippen molar-refractivity contribution in [1.29, 1.82) is 0 Å². The number of amides is 1.